The first kappa shape index (κ1) is 18.8. The van der Waals surface area contributed by atoms with E-state index in [1.165, 1.54) is 19.3 Å². The number of aromatic nitrogens is 1. The van der Waals surface area contributed by atoms with Crippen LogP contribution in [0.25, 0.3) is 10.2 Å². The molecule has 1 fully saturated rings. The van der Waals surface area contributed by atoms with Gasteiger partial charge in [0, 0.05) is 12.5 Å². The highest BCUT2D eigenvalue weighted by molar-refractivity contribution is 7.18. The number of hydrogen-bond donors (Lipinski definition) is 1. The summed E-state index contributed by atoms with van der Waals surface area (Å²) in [5.41, 5.74) is 0.958. The minimum atomic E-state index is -0.350. The fourth-order valence-electron chi connectivity index (χ4n) is 3.32. The van der Waals surface area contributed by atoms with Gasteiger partial charge in [0.15, 0.2) is 6.61 Å². The van der Waals surface area contributed by atoms with E-state index < -0.39 is 0 Å². The summed E-state index contributed by atoms with van der Waals surface area (Å²) in [4.78, 5) is 28.4. The molecular weight excluding hydrogens is 348 g/mol. The van der Waals surface area contributed by atoms with Crippen molar-refractivity contribution in [1.82, 2.24) is 10.3 Å². The van der Waals surface area contributed by atoms with Crippen LogP contribution in [0.5, 0.6) is 0 Å². The number of thiazole rings is 1. The zero-order valence-corrected chi connectivity index (χ0v) is 15.9. The quantitative estimate of drug-likeness (QED) is 0.776. The number of amides is 1. The maximum absolute atomic E-state index is 12.0. The van der Waals surface area contributed by atoms with Gasteiger partial charge in [-0.05, 0) is 25.0 Å². The third-order valence-corrected chi connectivity index (χ3v) is 5.81. The van der Waals surface area contributed by atoms with Crippen LogP contribution in [0.4, 0.5) is 0 Å². The van der Waals surface area contributed by atoms with Crippen molar-refractivity contribution in [2.45, 2.75) is 63.8 Å². The molecule has 6 heteroatoms. The van der Waals surface area contributed by atoms with Gasteiger partial charge in [-0.1, -0.05) is 44.2 Å². The van der Waals surface area contributed by atoms with Crippen LogP contribution in [0.2, 0.25) is 0 Å². The predicted molar refractivity (Wildman–Crippen MR) is 103 cm³/mol. The second-order valence-electron chi connectivity index (χ2n) is 6.85. The summed E-state index contributed by atoms with van der Waals surface area (Å²) in [7, 11) is 0. The molecule has 1 heterocycles. The smallest absolute Gasteiger partial charge is 0.306 e. The molecule has 0 saturated heterocycles. The second kappa shape index (κ2) is 9.67. The van der Waals surface area contributed by atoms with E-state index in [0.717, 1.165) is 40.9 Å². The number of carbonyl (C=O) groups excluding carboxylic acids is 2. The fraction of sp³-hybridized carbons (Fsp3) is 0.550. The van der Waals surface area contributed by atoms with Crippen LogP contribution < -0.4 is 5.32 Å². The Labute approximate surface area is 158 Å². The van der Waals surface area contributed by atoms with Crippen molar-refractivity contribution < 1.29 is 14.3 Å². The summed E-state index contributed by atoms with van der Waals surface area (Å²) in [6, 6.07) is 8.15. The van der Waals surface area contributed by atoms with Crippen molar-refractivity contribution in [1.29, 1.82) is 0 Å². The molecule has 2 aromatic rings. The third-order valence-electron chi connectivity index (χ3n) is 4.72. The van der Waals surface area contributed by atoms with E-state index >= 15 is 0 Å². The lowest BCUT2D eigenvalue weighted by Gasteiger charge is -2.20. The van der Waals surface area contributed by atoms with Gasteiger partial charge in [0.1, 0.15) is 0 Å². The molecule has 0 bridgehead atoms. The standard InChI is InChI=1S/C20H26N2O3S/c23-18(21-15-8-4-2-1-3-5-9-15)14-25-20(24)13-12-19-22-16-10-6-7-11-17(16)26-19/h6-7,10-11,15H,1-5,8-9,12-14H2,(H,21,23). The minimum Gasteiger partial charge on any atom is -0.456 e. The molecule has 0 atom stereocenters. The summed E-state index contributed by atoms with van der Waals surface area (Å²) in [5.74, 6) is -0.541. The number of ether oxygens (including phenoxy) is 1. The number of nitrogens with zero attached hydrogens (tertiary/aromatic N) is 1. The molecule has 1 aliphatic rings. The summed E-state index contributed by atoms with van der Waals surface area (Å²) in [6.07, 6.45) is 8.94. The molecule has 0 radical (unpaired) electrons. The number of rotatable bonds is 6. The van der Waals surface area contributed by atoms with Gasteiger partial charge in [0.2, 0.25) is 0 Å². The van der Waals surface area contributed by atoms with Crippen molar-refractivity contribution in [3.63, 3.8) is 0 Å². The number of carbonyl (C=O) groups is 2. The summed E-state index contributed by atoms with van der Waals surface area (Å²) < 4.78 is 6.24. The highest BCUT2D eigenvalue weighted by Gasteiger charge is 2.15. The van der Waals surface area contributed by atoms with Gasteiger partial charge in [-0.25, -0.2) is 4.98 Å². The van der Waals surface area contributed by atoms with Crippen molar-refractivity contribution in [2.24, 2.45) is 0 Å². The molecule has 1 aromatic heterocycles. The molecule has 3 rings (SSSR count). The number of hydrogen-bond acceptors (Lipinski definition) is 5. The van der Waals surface area contributed by atoms with Crippen LogP contribution in [0.15, 0.2) is 24.3 Å². The molecule has 5 nitrogen and oxygen atoms in total. The molecule has 1 aromatic carbocycles. The maximum Gasteiger partial charge on any atom is 0.306 e. The number of benzene rings is 1. The topological polar surface area (TPSA) is 68.3 Å². The van der Waals surface area contributed by atoms with Gasteiger partial charge >= 0.3 is 5.97 Å². The van der Waals surface area contributed by atoms with Gasteiger partial charge in [-0.2, -0.15) is 0 Å². The number of aryl methyl sites for hydroxylation is 1. The fourth-order valence-corrected chi connectivity index (χ4v) is 4.29. The van der Waals surface area contributed by atoms with Crippen LogP contribution in [0.1, 0.15) is 56.4 Å². The van der Waals surface area contributed by atoms with Crippen molar-refractivity contribution >= 4 is 33.4 Å². The van der Waals surface area contributed by atoms with Gasteiger partial charge in [0.25, 0.3) is 5.91 Å². The number of nitrogens with one attached hydrogen (secondary N) is 1. The highest BCUT2D eigenvalue weighted by Crippen LogP contribution is 2.22. The zero-order chi connectivity index (χ0) is 18.2. The average molecular weight is 375 g/mol. The van der Waals surface area contributed by atoms with E-state index in [0.29, 0.717) is 6.42 Å². The lowest BCUT2D eigenvalue weighted by atomic mass is 9.97. The predicted octanol–water partition coefficient (Wildman–Crippen LogP) is 4.00. The van der Waals surface area contributed by atoms with Gasteiger partial charge in [-0.3, -0.25) is 9.59 Å². The highest BCUT2D eigenvalue weighted by atomic mass is 32.1. The number of fused-ring (bicyclic) bond motifs is 1. The Morgan fingerprint density at radius 3 is 2.62 bits per heavy atom. The molecule has 0 spiro atoms. The van der Waals surface area contributed by atoms with E-state index in [-0.39, 0.29) is 30.9 Å². The molecule has 1 N–H and O–H groups in total. The number of para-hydroxylation sites is 1. The first-order chi connectivity index (χ1) is 12.7. The van der Waals surface area contributed by atoms with Crippen LogP contribution in [-0.4, -0.2) is 29.5 Å². The van der Waals surface area contributed by atoms with Gasteiger partial charge < -0.3 is 10.1 Å². The van der Waals surface area contributed by atoms with E-state index in [9.17, 15) is 9.59 Å². The molecule has 26 heavy (non-hydrogen) atoms. The molecule has 0 unspecified atom stereocenters. The molecule has 140 valence electrons. The second-order valence-corrected chi connectivity index (χ2v) is 7.96. The molecule has 1 amide bonds. The Morgan fingerprint density at radius 1 is 1.12 bits per heavy atom. The van der Waals surface area contributed by atoms with Crippen molar-refractivity contribution in [3.05, 3.63) is 29.3 Å². The van der Waals surface area contributed by atoms with E-state index in [2.05, 4.69) is 10.3 Å². The number of esters is 1. The van der Waals surface area contributed by atoms with Crippen LogP contribution >= 0.6 is 11.3 Å². The third kappa shape index (κ3) is 5.80. The largest absolute Gasteiger partial charge is 0.456 e. The first-order valence-electron chi connectivity index (χ1n) is 9.50. The Hall–Kier alpha value is -1.95. The van der Waals surface area contributed by atoms with Crippen LogP contribution in [-0.2, 0) is 20.7 Å². The van der Waals surface area contributed by atoms with Gasteiger partial charge in [-0.15, -0.1) is 11.3 Å². The van der Waals surface area contributed by atoms with Gasteiger partial charge in [0.05, 0.1) is 21.6 Å². The summed E-state index contributed by atoms with van der Waals surface area (Å²) in [6.45, 7) is -0.185. The maximum atomic E-state index is 12.0. The molecule has 1 saturated carbocycles. The zero-order valence-electron chi connectivity index (χ0n) is 15.0. The molecule has 0 aliphatic heterocycles. The first-order valence-corrected chi connectivity index (χ1v) is 10.3. The van der Waals surface area contributed by atoms with Crippen LogP contribution in [0, 0.1) is 0 Å². The Bertz CT molecular complexity index is 702. The lowest BCUT2D eigenvalue weighted by molar-refractivity contribution is -0.148. The Balaban J connectivity index is 1.37. The summed E-state index contributed by atoms with van der Waals surface area (Å²) >= 11 is 1.59. The molecule has 1 aliphatic carbocycles. The minimum absolute atomic E-state index is 0.185. The lowest BCUT2D eigenvalue weighted by Crippen LogP contribution is -2.38. The average Bonchev–Trinajstić information content (AvgIpc) is 3.03. The molecular formula is C20H26N2O3S. The normalized spacial score (nSPS) is 16.0. The summed E-state index contributed by atoms with van der Waals surface area (Å²) in [5, 5.41) is 3.93. The van der Waals surface area contributed by atoms with E-state index in [1.54, 1.807) is 11.3 Å². The van der Waals surface area contributed by atoms with E-state index in [1.807, 2.05) is 24.3 Å². The monoisotopic (exact) mass is 374 g/mol. The van der Waals surface area contributed by atoms with E-state index in [4.69, 9.17) is 4.74 Å². The van der Waals surface area contributed by atoms with Crippen LogP contribution in [0.3, 0.4) is 0 Å². The SMILES string of the molecule is O=C(COC(=O)CCc1nc2ccccc2s1)NC1CCCCCCC1. The van der Waals surface area contributed by atoms with Crippen molar-refractivity contribution in [3.8, 4) is 0 Å². The van der Waals surface area contributed by atoms with Crippen molar-refractivity contribution in [2.75, 3.05) is 6.61 Å². The Kier molecular flexibility index (Phi) is 7.00. The Morgan fingerprint density at radius 2 is 1.85 bits per heavy atom.